The number of hydrogen-bond donors (Lipinski definition) is 1. The van der Waals surface area contributed by atoms with Gasteiger partial charge < -0.3 is 9.84 Å². The lowest BCUT2D eigenvalue weighted by Gasteiger charge is -2.18. The van der Waals surface area contributed by atoms with Crippen molar-refractivity contribution in [2.75, 3.05) is 6.61 Å². The van der Waals surface area contributed by atoms with Crippen LogP contribution in [0.5, 0.6) is 11.5 Å². The molecule has 0 aromatic heterocycles. The first-order valence-corrected chi connectivity index (χ1v) is 6.91. The van der Waals surface area contributed by atoms with Crippen LogP contribution in [-0.2, 0) is 0 Å². The molecule has 1 aliphatic rings. The van der Waals surface area contributed by atoms with Crippen LogP contribution in [0.1, 0.15) is 50.5 Å². The Labute approximate surface area is 109 Å². The van der Waals surface area contributed by atoms with Crippen molar-refractivity contribution in [1.82, 2.24) is 0 Å². The Bertz CT molecular complexity index is 410. The molecular formula is C16H22O2. The predicted octanol–water partition coefficient (Wildman–Crippen LogP) is 4.39. The smallest absolute Gasteiger partial charge is 0.123 e. The summed E-state index contributed by atoms with van der Waals surface area (Å²) in [5, 5.41) is 9.78. The Balaban J connectivity index is 2.19. The fraction of sp³-hybridized carbons (Fsp3) is 0.500. The van der Waals surface area contributed by atoms with Crippen LogP contribution in [0.2, 0.25) is 0 Å². The molecule has 0 spiro atoms. The van der Waals surface area contributed by atoms with E-state index in [0.717, 1.165) is 12.2 Å². The second-order valence-corrected chi connectivity index (χ2v) is 4.88. The van der Waals surface area contributed by atoms with Crippen molar-refractivity contribution in [2.45, 2.75) is 44.9 Å². The monoisotopic (exact) mass is 246 g/mol. The van der Waals surface area contributed by atoms with E-state index < -0.39 is 0 Å². The first-order valence-electron chi connectivity index (χ1n) is 6.91. The third-order valence-corrected chi connectivity index (χ3v) is 3.46. The van der Waals surface area contributed by atoms with Gasteiger partial charge >= 0.3 is 0 Å². The predicted molar refractivity (Wildman–Crippen MR) is 74.2 cm³/mol. The van der Waals surface area contributed by atoms with Crippen LogP contribution >= 0.6 is 0 Å². The summed E-state index contributed by atoms with van der Waals surface area (Å²) in [6.07, 6.45) is 10.5. The minimum Gasteiger partial charge on any atom is -0.508 e. The van der Waals surface area contributed by atoms with Gasteiger partial charge in [0.05, 0.1) is 6.61 Å². The van der Waals surface area contributed by atoms with Crippen molar-refractivity contribution >= 4 is 0 Å². The van der Waals surface area contributed by atoms with Crippen molar-refractivity contribution in [3.63, 3.8) is 0 Å². The third-order valence-electron chi connectivity index (χ3n) is 3.46. The maximum Gasteiger partial charge on any atom is 0.123 e. The van der Waals surface area contributed by atoms with Gasteiger partial charge in [0.2, 0.25) is 0 Å². The molecule has 0 aliphatic heterocycles. The van der Waals surface area contributed by atoms with Gasteiger partial charge in [-0.25, -0.2) is 0 Å². The van der Waals surface area contributed by atoms with Crippen molar-refractivity contribution in [2.24, 2.45) is 0 Å². The molecule has 0 bridgehead atoms. The number of hydrogen-bond acceptors (Lipinski definition) is 2. The van der Waals surface area contributed by atoms with E-state index in [9.17, 15) is 5.11 Å². The zero-order valence-corrected chi connectivity index (χ0v) is 11.1. The van der Waals surface area contributed by atoms with Gasteiger partial charge in [-0.15, -0.1) is 0 Å². The van der Waals surface area contributed by atoms with E-state index in [-0.39, 0.29) is 0 Å². The van der Waals surface area contributed by atoms with Crippen LogP contribution in [0.4, 0.5) is 0 Å². The average Bonchev–Trinajstić information content (AvgIpc) is 2.27. The molecule has 1 atom stereocenters. The molecule has 1 aromatic rings. The zero-order chi connectivity index (χ0) is 12.8. The summed E-state index contributed by atoms with van der Waals surface area (Å²) < 4.78 is 5.50. The van der Waals surface area contributed by atoms with E-state index in [0.29, 0.717) is 18.3 Å². The van der Waals surface area contributed by atoms with Crippen LogP contribution in [0.25, 0.3) is 0 Å². The van der Waals surface area contributed by atoms with Gasteiger partial charge in [-0.2, -0.15) is 0 Å². The average molecular weight is 246 g/mol. The van der Waals surface area contributed by atoms with Crippen molar-refractivity contribution in [3.8, 4) is 11.5 Å². The van der Waals surface area contributed by atoms with Gasteiger partial charge in [-0.05, 0) is 56.2 Å². The maximum atomic E-state index is 9.78. The van der Waals surface area contributed by atoms with Gasteiger partial charge in [-0.3, -0.25) is 0 Å². The van der Waals surface area contributed by atoms with Crippen molar-refractivity contribution < 1.29 is 9.84 Å². The molecule has 18 heavy (non-hydrogen) atoms. The van der Waals surface area contributed by atoms with Crippen LogP contribution in [0.15, 0.2) is 30.4 Å². The van der Waals surface area contributed by atoms with E-state index in [1.807, 2.05) is 13.0 Å². The second kappa shape index (κ2) is 6.48. The Morgan fingerprint density at radius 1 is 1.22 bits per heavy atom. The van der Waals surface area contributed by atoms with E-state index in [2.05, 4.69) is 18.2 Å². The molecule has 2 nitrogen and oxygen atoms in total. The minimum atomic E-state index is 0.307. The quantitative estimate of drug-likeness (QED) is 0.801. The summed E-state index contributed by atoms with van der Waals surface area (Å²) in [7, 11) is 0. The topological polar surface area (TPSA) is 29.5 Å². The number of phenols is 1. The third kappa shape index (κ3) is 3.52. The Morgan fingerprint density at radius 2 is 2.11 bits per heavy atom. The minimum absolute atomic E-state index is 0.307. The molecular weight excluding hydrogens is 224 g/mol. The van der Waals surface area contributed by atoms with E-state index in [4.69, 9.17) is 4.74 Å². The molecule has 2 rings (SSSR count). The summed E-state index contributed by atoms with van der Waals surface area (Å²) in [6.45, 7) is 2.59. The van der Waals surface area contributed by atoms with Gasteiger partial charge in [-0.1, -0.05) is 18.6 Å². The second-order valence-electron chi connectivity index (χ2n) is 4.88. The molecule has 1 unspecified atom stereocenters. The molecule has 1 aliphatic carbocycles. The molecule has 0 radical (unpaired) electrons. The molecule has 0 heterocycles. The van der Waals surface area contributed by atoms with Gasteiger partial charge in [0.15, 0.2) is 0 Å². The van der Waals surface area contributed by atoms with Crippen LogP contribution < -0.4 is 4.74 Å². The SMILES string of the molecule is CCOc1cc(O)cc(C2CC=CCCCC2)c1. The highest BCUT2D eigenvalue weighted by Gasteiger charge is 2.13. The molecule has 0 saturated carbocycles. The number of aromatic hydroxyl groups is 1. The Kier molecular flexibility index (Phi) is 4.68. The lowest BCUT2D eigenvalue weighted by Crippen LogP contribution is -2.01. The molecule has 0 amide bonds. The summed E-state index contributed by atoms with van der Waals surface area (Å²) in [4.78, 5) is 0. The Morgan fingerprint density at radius 3 is 2.94 bits per heavy atom. The zero-order valence-electron chi connectivity index (χ0n) is 11.1. The number of rotatable bonds is 3. The summed E-state index contributed by atoms with van der Waals surface area (Å²) in [5.74, 6) is 1.59. The molecule has 1 aromatic carbocycles. The van der Waals surface area contributed by atoms with Crippen LogP contribution in [-0.4, -0.2) is 11.7 Å². The van der Waals surface area contributed by atoms with E-state index >= 15 is 0 Å². The fourth-order valence-corrected chi connectivity index (χ4v) is 2.54. The van der Waals surface area contributed by atoms with Crippen LogP contribution in [0, 0.1) is 0 Å². The van der Waals surface area contributed by atoms with E-state index in [1.165, 1.54) is 31.2 Å². The molecule has 2 heteroatoms. The van der Waals surface area contributed by atoms with Crippen molar-refractivity contribution in [1.29, 1.82) is 0 Å². The number of phenolic OH excluding ortho intramolecular Hbond substituents is 1. The number of benzene rings is 1. The number of ether oxygens (including phenoxy) is 1. The maximum absolute atomic E-state index is 9.78. The van der Waals surface area contributed by atoms with E-state index in [1.54, 1.807) is 6.07 Å². The normalized spacial score (nSPS) is 20.2. The first-order chi connectivity index (χ1) is 8.79. The first kappa shape index (κ1) is 13.0. The van der Waals surface area contributed by atoms with Crippen molar-refractivity contribution in [3.05, 3.63) is 35.9 Å². The standard InChI is InChI=1S/C16H22O2/c1-2-18-16-11-14(10-15(17)12-16)13-8-6-4-3-5-7-9-13/h4,6,10-13,17H,2-3,5,7-9H2,1H3. The molecule has 1 N–H and O–H groups in total. The van der Waals surface area contributed by atoms with Gasteiger partial charge in [0.25, 0.3) is 0 Å². The summed E-state index contributed by atoms with van der Waals surface area (Å²) in [5.41, 5.74) is 1.20. The largest absolute Gasteiger partial charge is 0.508 e. The summed E-state index contributed by atoms with van der Waals surface area (Å²) >= 11 is 0. The molecule has 0 fully saturated rings. The highest BCUT2D eigenvalue weighted by molar-refractivity contribution is 5.39. The lowest BCUT2D eigenvalue weighted by molar-refractivity contribution is 0.336. The lowest BCUT2D eigenvalue weighted by atomic mass is 9.88. The highest BCUT2D eigenvalue weighted by Crippen LogP contribution is 2.33. The van der Waals surface area contributed by atoms with Gasteiger partial charge in [0, 0.05) is 6.07 Å². The molecule has 0 saturated heterocycles. The van der Waals surface area contributed by atoms with Gasteiger partial charge in [0.1, 0.15) is 11.5 Å². The Hall–Kier alpha value is -1.44. The number of allylic oxidation sites excluding steroid dienone is 2. The highest BCUT2D eigenvalue weighted by atomic mass is 16.5. The summed E-state index contributed by atoms with van der Waals surface area (Å²) in [6, 6.07) is 5.64. The van der Waals surface area contributed by atoms with Crippen LogP contribution in [0.3, 0.4) is 0 Å². The molecule has 98 valence electrons. The fourth-order valence-electron chi connectivity index (χ4n) is 2.54.